The first-order valence-electron chi connectivity index (χ1n) is 6.62. The molecule has 3 rings (SSSR count). The number of hydrogen-bond donors (Lipinski definition) is 2. The zero-order valence-corrected chi connectivity index (χ0v) is 11.7. The van der Waals surface area contributed by atoms with E-state index < -0.39 is 0 Å². The van der Waals surface area contributed by atoms with Gasteiger partial charge in [0.15, 0.2) is 5.82 Å². The lowest BCUT2D eigenvalue weighted by Gasteiger charge is -2.08. The molecule has 21 heavy (non-hydrogen) atoms. The summed E-state index contributed by atoms with van der Waals surface area (Å²) in [6.45, 7) is 3.02. The number of rotatable bonds is 5. The number of aryl methyl sites for hydroxylation is 1. The Morgan fingerprint density at radius 1 is 1.24 bits per heavy atom. The first-order valence-corrected chi connectivity index (χ1v) is 6.62. The van der Waals surface area contributed by atoms with Crippen LogP contribution in [0.1, 0.15) is 5.82 Å². The van der Waals surface area contributed by atoms with Crippen LogP contribution in [-0.4, -0.2) is 32.7 Å². The Morgan fingerprint density at radius 3 is 2.86 bits per heavy atom. The highest BCUT2D eigenvalue weighted by Gasteiger charge is 2.06. The standard InChI is InChI=1S/C14H16N6O/c1-10-18-19-14-13(16-6-8-20(10)14)17-7-9-21-12-4-2-11(15)3-5-12/h2-6,8H,7,9,15H2,1H3,(H,16,17). The lowest BCUT2D eigenvalue weighted by Crippen LogP contribution is -2.13. The second kappa shape index (κ2) is 5.66. The van der Waals surface area contributed by atoms with Crippen LogP contribution in [0.15, 0.2) is 36.7 Å². The summed E-state index contributed by atoms with van der Waals surface area (Å²) < 4.78 is 7.50. The van der Waals surface area contributed by atoms with Crippen molar-refractivity contribution < 1.29 is 4.74 Å². The van der Waals surface area contributed by atoms with Gasteiger partial charge in [-0.15, -0.1) is 10.2 Å². The summed E-state index contributed by atoms with van der Waals surface area (Å²) in [5.41, 5.74) is 7.05. The van der Waals surface area contributed by atoms with Gasteiger partial charge in [-0.05, 0) is 31.2 Å². The van der Waals surface area contributed by atoms with E-state index in [1.807, 2.05) is 41.8 Å². The highest BCUT2D eigenvalue weighted by atomic mass is 16.5. The minimum atomic E-state index is 0.514. The third-order valence-electron chi connectivity index (χ3n) is 3.04. The van der Waals surface area contributed by atoms with Gasteiger partial charge in [0.25, 0.3) is 0 Å². The molecule has 0 aliphatic carbocycles. The van der Waals surface area contributed by atoms with Crippen LogP contribution in [-0.2, 0) is 0 Å². The Balaban J connectivity index is 1.58. The third kappa shape index (κ3) is 2.86. The van der Waals surface area contributed by atoms with Crippen LogP contribution in [0.25, 0.3) is 5.65 Å². The molecule has 7 nitrogen and oxygen atoms in total. The average molecular weight is 284 g/mol. The number of fused-ring (bicyclic) bond motifs is 1. The lowest BCUT2D eigenvalue weighted by molar-refractivity contribution is 0.333. The number of anilines is 2. The van der Waals surface area contributed by atoms with Gasteiger partial charge in [-0.2, -0.15) is 0 Å². The van der Waals surface area contributed by atoms with Crippen molar-refractivity contribution in [1.82, 2.24) is 19.6 Å². The largest absolute Gasteiger partial charge is 0.492 e. The van der Waals surface area contributed by atoms with Crippen molar-refractivity contribution in [3.63, 3.8) is 0 Å². The van der Waals surface area contributed by atoms with Gasteiger partial charge in [-0.25, -0.2) is 4.98 Å². The fourth-order valence-electron chi connectivity index (χ4n) is 1.97. The summed E-state index contributed by atoms with van der Waals surface area (Å²) in [6, 6.07) is 7.31. The predicted molar refractivity (Wildman–Crippen MR) is 80.4 cm³/mol. The van der Waals surface area contributed by atoms with Gasteiger partial charge in [0, 0.05) is 18.1 Å². The molecule has 0 bridgehead atoms. The molecule has 3 N–H and O–H groups in total. The first kappa shape index (κ1) is 13.2. The van der Waals surface area contributed by atoms with Crippen LogP contribution in [0.4, 0.5) is 11.5 Å². The monoisotopic (exact) mass is 284 g/mol. The summed E-state index contributed by atoms with van der Waals surface area (Å²) in [5.74, 6) is 2.31. The molecule has 2 aromatic heterocycles. The maximum absolute atomic E-state index is 5.62. The number of ether oxygens (including phenoxy) is 1. The lowest BCUT2D eigenvalue weighted by atomic mass is 10.3. The van der Waals surface area contributed by atoms with Crippen molar-refractivity contribution in [1.29, 1.82) is 0 Å². The van der Waals surface area contributed by atoms with Crippen LogP contribution in [0.5, 0.6) is 5.75 Å². The Morgan fingerprint density at radius 2 is 2.05 bits per heavy atom. The number of benzene rings is 1. The molecule has 0 fully saturated rings. The minimum absolute atomic E-state index is 0.514. The molecular formula is C14H16N6O. The minimum Gasteiger partial charge on any atom is -0.492 e. The molecule has 2 heterocycles. The molecule has 7 heteroatoms. The number of aromatic nitrogens is 4. The molecule has 0 saturated carbocycles. The summed E-state index contributed by atoms with van der Waals surface area (Å²) in [7, 11) is 0. The van der Waals surface area contributed by atoms with E-state index in [1.54, 1.807) is 6.20 Å². The summed E-state index contributed by atoms with van der Waals surface area (Å²) in [4.78, 5) is 4.27. The zero-order chi connectivity index (χ0) is 14.7. The van der Waals surface area contributed by atoms with Crippen molar-refractivity contribution in [2.24, 2.45) is 0 Å². The normalized spacial score (nSPS) is 10.7. The molecule has 0 aliphatic heterocycles. The zero-order valence-electron chi connectivity index (χ0n) is 11.7. The smallest absolute Gasteiger partial charge is 0.203 e. The van der Waals surface area contributed by atoms with Gasteiger partial charge in [-0.3, -0.25) is 4.40 Å². The van der Waals surface area contributed by atoms with Crippen molar-refractivity contribution in [2.75, 3.05) is 24.2 Å². The second-order valence-electron chi connectivity index (χ2n) is 4.56. The Labute approximate surface area is 121 Å². The molecule has 108 valence electrons. The van der Waals surface area contributed by atoms with E-state index in [-0.39, 0.29) is 0 Å². The average Bonchev–Trinajstić information content (AvgIpc) is 2.88. The van der Waals surface area contributed by atoms with E-state index in [1.165, 1.54) is 0 Å². The molecule has 0 saturated heterocycles. The summed E-state index contributed by atoms with van der Waals surface area (Å²) in [5, 5.41) is 11.3. The van der Waals surface area contributed by atoms with Crippen LogP contribution in [0, 0.1) is 6.92 Å². The summed E-state index contributed by atoms with van der Waals surface area (Å²) in [6.07, 6.45) is 3.55. The Kier molecular flexibility index (Phi) is 3.55. The van der Waals surface area contributed by atoms with Crippen molar-refractivity contribution >= 4 is 17.2 Å². The number of nitrogens with one attached hydrogen (secondary N) is 1. The van der Waals surface area contributed by atoms with E-state index in [0.29, 0.717) is 24.6 Å². The SMILES string of the molecule is Cc1nnc2c(NCCOc3ccc(N)cc3)nccn12. The third-order valence-corrected chi connectivity index (χ3v) is 3.04. The Bertz CT molecular complexity index is 737. The van der Waals surface area contributed by atoms with E-state index >= 15 is 0 Å². The summed E-state index contributed by atoms with van der Waals surface area (Å²) >= 11 is 0. The highest BCUT2D eigenvalue weighted by molar-refractivity contribution is 5.61. The molecule has 0 spiro atoms. The van der Waals surface area contributed by atoms with Crippen LogP contribution < -0.4 is 15.8 Å². The van der Waals surface area contributed by atoms with Gasteiger partial charge < -0.3 is 15.8 Å². The van der Waals surface area contributed by atoms with Crippen LogP contribution >= 0.6 is 0 Å². The number of hydrogen-bond acceptors (Lipinski definition) is 6. The van der Waals surface area contributed by atoms with Crippen molar-refractivity contribution in [3.8, 4) is 5.75 Å². The van der Waals surface area contributed by atoms with Gasteiger partial charge in [0.2, 0.25) is 5.65 Å². The molecule has 3 aromatic rings. The fraction of sp³-hybridized carbons (Fsp3) is 0.214. The van der Waals surface area contributed by atoms with E-state index in [2.05, 4.69) is 20.5 Å². The molecule has 0 amide bonds. The maximum Gasteiger partial charge on any atom is 0.203 e. The molecular weight excluding hydrogens is 268 g/mol. The van der Waals surface area contributed by atoms with Crippen LogP contribution in [0.3, 0.4) is 0 Å². The molecule has 0 radical (unpaired) electrons. The molecule has 0 atom stereocenters. The topological polar surface area (TPSA) is 90.4 Å². The van der Waals surface area contributed by atoms with E-state index in [9.17, 15) is 0 Å². The fourth-order valence-corrected chi connectivity index (χ4v) is 1.97. The number of nitrogens with two attached hydrogens (primary N) is 1. The first-order chi connectivity index (χ1) is 10.2. The van der Waals surface area contributed by atoms with E-state index in [4.69, 9.17) is 10.5 Å². The van der Waals surface area contributed by atoms with Gasteiger partial charge in [0.1, 0.15) is 18.2 Å². The van der Waals surface area contributed by atoms with Gasteiger partial charge in [0.05, 0.1) is 6.54 Å². The predicted octanol–water partition coefficient (Wildman–Crippen LogP) is 1.51. The quantitative estimate of drug-likeness (QED) is 0.545. The molecule has 0 aliphatic rings. The van der Waals surface area contributed by atoms with Crippen LogP contribution in [0.2, 0.25) is 0 Å². The van der Waals surface area contributed by atoms with Gasteiger partial charge >= 0.3 is 0 Å². The number of nitrogen functional groups attached to an aromatic ring is 1. The highest BCUT2D eigenvalue weighted by Crippen LogP contribution is 2.14. The molecule has 1 aromatic carbocycles. The van der Waals surface area contributed by atoms with Crippen molar-refractivity contribution in [3.05, 3.63) is 42.5 Å². The Hall–Kier alpha value is -2.83. The van der Waals surface area contributed by atoms with Gasteiger partial charge in [-0.1, -0.05) is 0 Å². The second-order valence-corrected chi connectivity index (χ2v) is 4.56. The van der Waals surface area contributed by atoms with Crippen molar-refractivity contribution in [2.45, 2.75) is 6.92 Å². The number of nitrogens with zero attached hydrogens (tertiary/aromatic N) is 4. The molecule has 0 unspecified atom stereocenters. The van der Waals surface area contributed by atoms with E-state index in [0.717, 1.165) is 17.3 Å². The maximum atomic E-state index is 5.62.